The van der Waals surface area contributed by atoms with Crippen LogP contribution in [0.1, 0.15) is 33.7 Å². The number of carbonyl (C=O) groups excluding carboxylic acids is 1. The highest BCUT2D eigenvalue weighted by molar-refractivity contribution is 5.93. The van der Waals surface area contributed by atoms with Crippen molar-refractivity contribution in [2.24, 2.45) is 5.10 Å². The zero-order valence-corrected chi connectivity index (χ0v) is 22.9. The van der Waals surface area contributed by atoms with E-state index in [2.05, 4.69) is 14.7 Å². The molecule has 4 aromatic rings. The number of methoxy groups -OCH3 is 1. The molecule has 0 spiro atoms. The summed E-state index contributed by atoms with van der Waals surface area (Å²) in [5.41, 5.74) is 2.72. The second kappa shape index (κ2) is 11.8. The molecular formula is C30H28FN7O4. The molecule has 11 nitrogen and oxygen atoms in total. The molecule has 1 unspecified atom stereocenters. The Bertz CT molecular complexity index is 1690. The summed E-state index contributed by atoms with van der Waals surface area (Å²) in [6.45, 7) is 3.11. The van der Waals surface area contributed by atoms with Crippen LogP contribution >= 0.6 is 0 Å². The number of halogens is 1. The number of pyridine rings is 1. The standard InChI is InChI=1S/C30H28FN7O4/c1-40-30(39)21-7-8-25-26(14-21)38(16-23-9-12-41-23)28(34-25)17-37-11-10-36(19-33-37)27-3-2-4-29(35-27)42-18-22-6-5-20(15-32)13-24(22)31/h2-8,13-14,19,23H,9-12,16-18H2,1H3. The van der Waals surface area contributed by atoms with Crippen molar-refractivity contribution in [1.82, 2.24) is 19.5 Å². The minimum atomic E-state index is -0.494. The van der Waals surface area contributed by atoms with Gasteiger partial charge in [-0.25, -0.2) is 14.2 Å². The lowest BCUT2D eigenvalue weighted by atomic mass is 10.1. The largest absolute Gasteiger partial charge is 0.473 e. The highest BCUT2D eigenvalue weighted by atomic mass is 19.1. The summed E-state index contributed by atoms with van der Waals surface area (Å²) < 4.78 is 32.7. The molecule has 0 aliphatic carbocycles. The Balaban J connectivity index is 1.14. The summed E-state index contributed by atoms with van der Waals surface area (Å²) in [6, 6.07) is 16.9. The van der Waals surface area contributed by atoms with E-state index in [1.807, 2.05) is 40.2 Å². The summed E-state index contributed by atoms with van der Waals surface area (Å²) in [5.74, 6) is 0.949. The number of hydrogen-bond donors (Lipinski definition) is 0. The highest BCUT2D eigenvalue weighted by Crippen LogP contribution is 2.24. The van der Waals surface area contributed by atoms with Gasteiger partial charge in [0, 0.05) is 24.8 Å². The van der Waals surface area contributed by atoms with Crippen molar-refractivity contribution in [3.63, 3.8) is 0 Å². The lowest BCUT2D eigenvalue weighted by Gasteiger charge is -2.30. The van der Waals surface area contributed by atoms with Crippen LogP contribution in [0.4, 0.5) is 10.2 Å². The van der Waals surface area contributed by atoms with Crippen molar-refractivity contribution in [2.45, 2.75) is 32.2 Å². The molecule has 0 amide bonds. The Morgan fingerprint density at radius 3 is 2.76 bits per heavy atom. The number of imidazole rings is 1. The summed E-state index contributed by atoms with van der Waals surface area (Å²) in [7, 11) is 1.37. The SMILES string of the molecule is COC(=O)c1ccc2nc(CN3CCN(c4cccc(OCc5ccc(C#N)cc5F)n4)C=N3)n(CC3CCO3)c2c1. The number of rotatable bonds is 9. The third kappa shape index (κ3) is 5.73. The predicted octanol–water partition coefficient (Wildman–Crippen LogP) is 3.86. The van der Waals surface area contributed by atoms with Crippen molar-refractivity contribution >= 4 is 29.2 Å². The van der Waals surface area contributed by atoms with Gasteiger partial charge in [-0.15, -0.1) is 0 Å². The first-order chi connectivity index (χ1) is 20.5. The Kier molecular flexibility index (Phi) is 7.66. The van der Waals surface area contributed by atoms with Gasteiger partial charge in [-0.3, -0.25) is 5.01 Å². The van der Waals surface area contributed by atoms with E-state index >= 15 is 0 Å². The van der Waals surface area contributed by atoms with E-state index in [0.717, 1.165) is 29.9 Å². The topological polar surface area (TPSA) is 118 Å². The first-order valence-electron chi connectivity index (χ1n) is 13.5. The van der Waals surface area contributed by atoms with Crippen LogP contribution in [0.5, 0.6) is 5.88 Å². The number of fused-ring (bicyclic) bond motifs is 1. The van der Waals surface area contributed by atoms with Crippen LogP contribution in [-0.4, -0.2) is 64.8 Å². The van der Waals surface area contributed by atoms with Crippen molar-refractivity contribution < 1.29 is 23.4 Å². The molecule has 2 aliphatic heterocycles. The molecule has 42 heavy (non-hydrogen) atoms. The number of nitriles is 1. The van der Waals surface area contributed by atoms with Gasteiger partial charge in [0.15, 0.2) is 0 Å². The van der Waals surface area contributed by atoms with Crippen molar-refractivity contribution in [2.75, 3.05) is 31.7 Å². The Morgan fingerprint density at radius 1 is 1.17 bits per heavy atom. The van der Waals surface area contributed by atoms with Gasteiger partial charge in [0.2, 0.25) is 5.88 Å². The van der Waals surface area contributed by atoms with Crippen LogP contribution in [0, 0.1) is 17.1 Å². The van der Waals surface area contributed by atoms with Crippen LogP contribution in [0.15, 0.2) is 59.7 Å². The van der Waals surface area contributed by atoms with Crippen molar-refractivity contribution in [1.29, 1.82) is 5.26 Å². The molecule has 12 heteroatoms. The molecule has 1 atom stereocenters. The maximum absolute atomic E-state index is 14.2. The molecule has 2 aromatic heterocycles. The number of carbonyl (C=O) groups is 1. The maximum atomic E-state index is 14.2. The van der Waals surface area contributed by atoms with Gasteiger partial charge in [0.25, 0.3) is 0 Å². The Labute approximate surface area is 241 Å². The fraction of sp³-hybridized carbons (Fsp3) is 0.300. The highest BCUT2D eigenvalue weighted by Gasteiger charge is 2.24. The molecule has 4 heterocycles. The first kappa shape index (κ1) is 27.2. The van der Waals surface area contributed by atoms with E-state index in [9.17, 15) is 9.18 Å². The van der Waals surface area contributed by atoms with Crippen LogP contribution in [-0.2, 0) is 29.2 Å². The number of anilines is 1. The maximum Gasteiger partial charge on any atom is 0.337 e. The molecule has 0 N–H and O–H groups in total. The van der Waals surface area contributed by atoms with Crippen LogP contribution < -0.4 is 9.64 Å². The minimum Gasteiger partial charge on any atom is -0.473 e. The van der Waals surface area contributed by atoms with E-state index in [0.29, 0.717) is 49.0 Å². The van der Waals surface area contributed by atoms with Gasteiger partial charge in [0.1, 0.15) is 30.4 Å². The van der Waals surface area contributed by atoms with Crippen molar-refractivity contribution in [3.05, 3.63) is 82.9 Å². The van der Waals surface area contributed by atoms with Crippen LogP contribution in [0.3, 0.4) is 0 Å². The zero-order valence-electron chi connectivity index (χ0n) is 22.9. The second-order valence-corrected chi connectivity index (χ2v) is 9.97. The number of nitrogens with zero attached hydrogens (tertiary/aromatic N) is 7. The van der Waals surface area contributed by atoms with E-state index in [1.54, 1.807) is 24.5 Å². The van der Waals surface area contributed by atoms with Crippen LogP contribution in [0.25, 0.3) is 11.0 Å². The number of hydrogen-bond acceptors (Lipinski definition) is 10. The molecule has 2 aliphatic rings. The van der Waals surface area contributed by atoms with Gasteiger partial charge in [0.05, 0.1) is 61.1 Å². The lowest BCUT2D eigenvalue weighted by molar-refractivity contribution is -0.0592. The molecule has 1 fully saturated rings. The lowest BCUT2D eigenvalue weighted by Crippen LogP contribution is -2.38. The Morgan fingerprint density at radius 2 is 2.05 bits per heavy atom. The van der Waals surface area contributed by atoms with Gasteiger partial charge < -0.3 is 23.7 Å². The number of ether oxygens (including phenoxy) is 3. The number of aromatic nitrogens is 3. The quantitative estimate of drug-likeness (QED) is 0.277. The molecule has 0 bridgehead atoms. The van der Waals surface area contributed by atoms with Crippen molar-refractivity contribution in [3.8, 4) is 11.9 Å². The number of esters is 1. The average Bonchev–Trinajstić information content (AvgIpc) is 3.34. The molecule has 2 aromatic carbocycles. The molecule has 0 saturated carbocycles. The smallest absolute Gasteiger partial charge is 0.337 e. The van der Waals surface area contributed by atoms with E-state index in [-0.39, 0.29) is 18.3 Å². The second-order valence-electron chi connectivity index (χ2n) is 9.97. The van der Waals surface area contributed by atoms with Crippen LogP contribution in [0.2, 0.25) is 0 Å². The summed E-state index contributed by atoms with van der Waals surface area (Å²) in [4.78, 5) is 23.5. The predicted molar refractivity (Wildman–Crippen MR) is 151 cm³/mol. The fourth-order valence-corrected chi connectivity index (χ4v) is 4.83. The third-order valence-corrected chi connectivity index (χ3v) is 7.27. The zero-order chi connectivity index (χ0) is 29.1. The van der Waals surface area contributed by atoms with E-state index in [1.165, 1.54) is 19.2 Å². The first-order valence-corrected chi connectivity index (χ1v) is 13.5. The van der Waals surface area contributed by atoms with Gasteiger partial charge in [-0.05, 0) is 42.8 Å². The fourth-order valence-electron chi connectivity index (χ4n) is 4.83. The summed E-state index contributed by atoms with van der Waals surface area (Å²) in [6.07, 6.45) is 2.80. The van der Waals surface area contributed by atoms with E-state index < -0.39 is 11.8 Å². The normalized spacial score (nSPS) is 16.3. The molecular weight excluding hydrogens is 541 g/mol. The van der Waals surface area contributed by atoms with E-state index in [4.69, 9.17) is 24.5 Å². The minimum absolute atomic E-state index is 0.0100. The molecule has 1 saturated heterocycles. The number of benzene rings is 2. The van der Waals surface area contributed by atoms with Gasteiger partial charge in [-0.1, -0.05) is 12.1 Å². The molecule has 214 valence electrons. The molecule has 0 radical (unpaired) electrons. The average molecular weight is 570 g/mol. The number of hydrazone groups is 1. The van der Waals surface area contributed by atoms with Gasteiger partial charge >= 0.3 is 5.97 Å². The van der Waals surface area contributed by atoms with Gasteiger partial charge in [-0.2, -0.15) is 15.3 Å². The monoisotopic (exact) mass is 569 g/mol. The summed E-state index contributed by atoms with van der Waals surface area (Å²) in [5, 5.41) is 15.5. The Hall–Kier alpha value is -5.02. The molecule has 6 rings (SSSR count). The summed E-state index contributed by atoms with van der Waals surface area (Å²) >= 11 is 0. The third-order valence-electron chi connectivity index (χ3n) is 7.27.